The van der Waals surface area contributed by atoms with Gasteiger partial charge >= 0.3 is 7.82 Å². The van der Waals surface area contributed by atoms with Crippen molar-refractivity contribution in [3.05, 3.63) is 0 Å². The van der Waals surface area contributed by atoms with Crippen molar-refractivity contribution in [1.29, 1.82) is 0 Å². The molecule has 0 aliphatic heterocycles. The van der Waals surface area contributed by atoms with Gasteiger partial charge in [0.2, 0.25) is 0 Å². The Hall–Kier alpha value is 0.110. The van der Waals surface area contributed by atoms with Crippen molar-refractivity contribution in [2.24, 2.45) is 17.8 Å². The summed E-state index contributed by atoms with van der Waals surface area (Å²) in [5.74, 6) is 0.725. The van der Waals surface area contributed by atoms with Gasteiger partial charge in [0.25, 0.3) is 0 Å². The Morgan fingerprint density at radius 2 is 1.40 bits per heavy atom. The fourth-order valence-electron chi connectivity index (χ4n) is 2.74. The molecule has 0 amide bonds. The highest BCUT2D eigenvalue weighted by atomic mass is 31.2. The van der Waals surface area contributed by atoms with Crippen LogP contribution in [0.1, 0.15) is 41.5 Å². The highest BCUT2D eigenvalue weighted by molar-refractivity contribution is 7.46. The predicted octanol–water partition coefficient (Wildman–Crippen LogP) is 2.80. The second-order valence-corrected chi connectivity index (χ2v) is 6.36. The van der Waals surface area contributed by atoms with Crippen LogP contribution < -0.4 is 0 Å². The highest BCUT2D eigenvalue weighted by Gasteiger charge is 2.39. The molecule has 0 aliphatic carbocycles. The van der Waals surface area contributed by atoms with Crippen LogP contribution in [0.4, 0.5) is 0 Å². The molecule has 0 unspecified atom stereocenters. The minimum atomic E-state index is -4.42. The van der Waals surface area contributed by atoms with Crippen molar-refractivity contribution in [1.82, 2.24) is 0 Å². The Morgan fingerprint density at radius 3 is 1.60 bits per heavy atom. The van der Waals surface area contributed by atoms with Crippen LogP contribution in [0.25, 0.3) is 0 Å². The standard InChI is InChI=1S/C10H23O4P/c1-7(2)9(8(3)4)10(5,6)14-15(11,12)13/h7-9H,1-6H3,(H2,11,12,13). The molecule has 0 aromatic rings. The summed E-state index contributed by atoms with van der Waals surface area (Å²) in [5.41, 5.74) is -0.818. The van der Waals surface area contributed by atoms with E-state index in [2.05, 4.69) is 0 Å². The van der Waals surface area contributed by atoms with E-state index in [1.54, 1.807) is 13.8 Å². The molecule has 0 radical (unpaired) electrons. The van der Waals surface area contributed by atoms with E-state index in [-0.39, 0.29) is 5.92 Å². The Morgan fingerprint density at radius 1 is 1.07 bits per heavy atom. The van der Waals surface area contributed by atoms with Gasteiger partial charge in [0.1, 0.15) is 0 Å². The fraction of sp³-hybridized carbons (Fsp3) is 1.00. The van der Waals surface area contributed by atoms with Crippen molar-refractivity contribution in [3.8, 4) is 0 Å². The maximum absolute atomic E-state index is 10.9. The Bertz CT molecular complexity index is 234. The first-order valence-corrected chi connectivity index (χ1v) is 6.76. The van der Waals surface area contributed by atoms with Gasteiger partial charge in [0.15, 0.2) is 0 Å². The van der Waals surface area contributed by atoms with E-state index >= 15 is 0 Å². The summed E-state index contributed by atoms with van der Waals surface area (Å²) in [7, 11) is -4.42. The van der Waals surface area contributed by atoms with Gasteiger partial charge in [-0.15, -0.1) is 0 Å². The van der Waals surface area contributed by atoms with Crippen LogP contribution in [0.15, 0.2) is 0 Å². The first-order chi connectivity index (χ1) is 6.47. The number of hydrogen-bond donors (Lipinski definition) is 2. The summed E-state index contributed by atoms with van der Waals surface area (Å²) in [6.07, 6.45) is 0. The lowest BCUT2D eigenvalue weighted by Gasteiger charge is -2.39. The van der Waals surface area contributed by atoms with Crippen molar-refractivity contribution >= 4 is 7.82 Å². The number of rotatable bonds is 5. The van der Waals surface area contributed by atoms with Crippen LogP contribution in [-0.4, -0.2) is 15.4 Å². The largest absolute Gasteiger partial charge is 0.470 e. The highest BCUT2D eigenvalue weighted by Crippen LogP contribution is 2.46. The van der Waals surface area contributed by atoms with Gasteiger partial charge in [-0.05, 0) is 31.6 Å². The van der Waals surface area contributed by atoms with Crippen LogP contribution in [0, 0.1) is 17.8 Å². The molecule has 0 heterocycles. The van der Waals surface area contributed by atoms with Crippen LogP contribution in [0.3, 0.4) is 0 Å². The van der Waals surface area contributed by atoms with Crippen LogP contribution in [0.2, 0.25) is 0 Å². The number of hydrogen-bond acceptors (Lipinski definition) is 2. The van der Waals surface area contributed by atoms with Gasteiger partial charge in [-0.25, -0.2) is 4.57 Å². The predicted molar refractivity (Wildman–Crippen MR) is 60.4 cm³/mol. The Kier molecular flexibility index (Phi) is 5.00. The lowest BCUT2D eigenvalue weighted by Crippen LogP contribution is -2.40. The molecule has 0 saturated heterocycles. The maximum Gasteiger partial charge on any atom is 0.470 e. The first kappa shape index (κ1) is 15.1. The van der Waals surface area contributed by atoms with Gasteiger partial charge in [0.05, 0.1) is 5.60 Å². The Balaban J connectivity index is 4.88. The molecule has 0 aromatic heterocycles. The molecule has 0 fully saturated rings. The molecule has 0 saturated carbocycles. The van der Waals surface area contributed by atoms with Crippen molar-refractivity contribution in [3.63, 3.8) is 0 Å². The monoisotopic (exact) mass is 238 g/mol. The van der Waals surface area contributed by atoms with Crippen molar-refractivity contribution in [2.45, 2.75) is 47.1 Å². The molecule has 15 heavy (non-hydrogen) atoms. The smallest absolute Gasteiger partial charge is 0.303 e. The Labute approximate surface area is 92.3 Å². The van der Waals surface area contributed by atoms with E-state index in [4.69, 9.17) is 14.3 Å². The normalized spacial score (nSPS) is 14.3. The van der Waals surface area contributed by atoms with Gasteiger partial charge in [-0.1, -0.05) is 27.7 Å². The molecule has 5 heteroatoms. The fourth-order valence-corrected chi connectivity index (χ4v) is 3.48. The minimum Gasteiger partial charge on any atom is -0.303 e. The topological polar surface area (TPSA) is 66.8 Å². The molecule has 4 nitrogen and oxygen atoms in total. The molecule has 0 bridgehead atoms. The van der Waals surface area contributed by atoms with E-state index in [1.165, 1.54) is 0 Å². The summed E-state index contributed by atoms with van der Waals surface area (Å²) >= 11 is 0. The summed E-state index contributed by atoms with van der Waals surface area (Å²) in [6.45, 7) is 11.6. The molecule has 92 valence electrons. The molecular weight excluding hydrogens is 215 g/mol. The molecular formula is C10H23O4P. The molecule has 0 spiro atoms. The average molecular weight is 238 g/mol. The van der Waals surface area contributed by atoms with Crippen LogP contribution >= 0.6 is 7.82 Å². The molecule has 2 N–H and O–H groups in total. The summed E-state index contributed by atoms with van der Waals surface area (Å²) in [6, 6.07) is 0. The van der Waals surface area contributed by atoms with Gasteiger partial charge < -0.3 is 9.79 Å². The minimum absolute atomic E-state index is 0.102. The van der Waals surface area contributed by atoms with E-state index in [0.29, 0.717) is 11.8 Å². The van der Waals surface area contributed by atoms with Crippen LogP contribution in [-0.2, 0) is 9.09 Å². The second kappa shape index (κ2) is 4.96. The summed E-state index contributed by atoms with van der Waals surface area (Å²) < 4.78 is 15.7. The molecule has 0 rings (SSSR count). The van der Waals surface area contributed by atoms with Crippen LogP contribution in [0.5, 0.6) is 0 Å². The zero-order chi connectivity index (χ0) is 12.4. The third-order valence-corrected chi connectivity index (χ3v) is 3.30. The number of phosphoric acid groups is 1. The third-order valence-electron chi connectivity index (χ3n) is 2.59. The molecule has 0 aliphatic rings. The SMILES string of the molecule is CC(C)C(C(C)C)C(C)(C)OP(=O)(O)O. The van der Waals surface area contributed by atoms with Gasteiger partial charge in [-0.2, -0.15) is 0 Å². The zero-order valence-electron chi connectivity index (χ0n) is 10.4. The zero-order valence-corrected chi connectivity index (χ0v) is 11.3. The molecule has 0 atom stereocenters. The maximum atomic E-state index is 10.9. The van der Waals surface area contributed by atoms with E-state index < -0.39 is 13.4 Å². The van der Waals surface area contributed by atoms with Crippen molar-refractivity contribution in [2.75, 3.05) is 0 Å². The molecule has 0 aromatic carbocycles. The van der Waals surface area contributed by atoms with Gasteiger partial charge in [0, 0.05) is 0 Å². The summed E-state index contributed by atoms with van der Waals surface area (Å²) in [4.78, 5) is 17.7. The van der Waals surface area contributed by atoms with E-state index in [0.717, 1.165) is 0 Å². The lowest BCUT2D eigenvalue weighted by molar-refractivity contribution is -0.0234. The number of phosphoric ester groups is 1. The van der Waals surface area contributed by atoms with E-state index in [9.17, 15) is 4.57 Å². The third kappa shape index (κ3) is 5.12. The van der Waals surface area contributed by atoms with Gasteiger partial charge in [-0.3, -0.25) is 4.52 Å². The van der Waals surface area contributed by atoms with E-state index in [1.807, 2.05) is 27.7 Å². The first-order valence-electron chi connectivity index (χ1n) is 5.23. The average Bonchev–Trinajstić information content (AvgIpc) is 1.74. The quantitative estimate of drug-likeness (QED) is 0.723. The summed E-state index contributed by atoms with van der Waals surface area (Å²) in [5, 5.41) is 0. The second-order valence-electron chi connectivity index (χ2n) is 5.20. The van der Waals surface area contributed by atoms with Crippen molar-refractivity contribution < 1.29 is 18.9 Å². The lowest BCUT2D eigenvalue weighted by atomic mass is 9.75.